The first-order valence-electron chi connectivity index (χ1n) is 6.15. The predicted molar refractivity (Wildman–Crippen MR) is 74.5 cm³/mol. The van der Waals surface area contributed by atoms with Crippen molar-refractivity contribution >= 4 is 18.0 Å². The van der Waals surface area contributed by atoms with Crippen molar-refractivity contribution in [2.75, 3.05) is 20.2 Å². The lowest BCUT2D eigenvalue weighted by molar-refractivity contribution is -0.146. The van der Waals surface area contributed by atoms with E-state index in [1.54, 1.807) is 37.3 Å². The van der Waals surface area contributed by atoms with Gasteiger partial charge in [0.2, 0.25) is 5.91 Å². The summed E-state index contributed by atoms with van der Waals surface area (Å²) >= 11 is 0. The maximum absolute atomic E-state index is 11.8. The summed E-state index contributed by atoms with van der Waals surface area (Å²) in [6.45, 7) is 1.93. The molecule has 0 atom stereocenters. The van der Waals surface area contributed by atoms with Crippen molar-refractivity contribution in [2.24, 2.45) is 0 Å². The first kappa shape index (κ1) is 15.4. The number of carbonyl (C=O) groups excluding carboxylic acids is 2. The zero-order chi connectivity index (χ0) is 15.0. The fourth-order valence-electron chi connectivity index (χ4n) is 1.44. The Labute approximate surface area is 118 Å². The highest BCUT2D eigenvalue weighted by Gasteiger charge is 2.10. The number of amides is 1. The summed E-state index contributed by atoms with van der Waals surface area (Å²) in [6, 6.07) is 8.85. The van der Waals surface area contributed by atoms with Crippen LogP contribution in [0.2, 0.25) is 0 Å². The minimum Gasteiger partial charge on any atom is -0.465 e. The molecule has 0 radical (unpaired) electrons. The number of hydrogen-bond acceptors (Lipinski definition) is 4. The van der Waals surface area contributed by atoms with Gasteiger partial charge in [0, 0.05) is 13.1 Å². The predicted octanol–water partition coefficient (Wildman–Crippen LogP) is 1.59. The third kappa shape index (κ3) is 4.94. The maximum Gasteiger partial charge on any atom is 0.325 e. The van der Waals surface area contributed by atoms with Crippen LogP contribution in [0.1, 0.15) is 18.1 Å². The summed E-state index contributed by atoms with van der Waals surface area (Å²) in [5, 5.41) is 8.67. The highest BCUT2D eigenvalue weighted by molar-refractivity contribution is 5.93. The van der Waals surface area contributed by atoms with E-state index in [1.165, 1.54) is 18.0 Å². The Hall–Kier alpha value is -2.61. The normalized spacial score (nSPS) is 10.1. The van der Waals surface area contributed by atoms with Crippen molar-refractivity contribution in [2.45, 2.75) is 6.92 Å². The zero-order valence-electron chi connectivity index (χ0n) is 11.5. The molecular formula is C15H16N2O3. The van der Waals surface area contributed by atoms with E-state index in [9.17, 15) is 9.59 Å². The van der Waals surface area contributed by atoms with Crippen LogP contribution in [-0.4, -0.2) is 37.0 Å². The number of hydrogen-bond donors (Lipinski definition) is 0. The number of carbonyl (C=O) groups is 2. The number of ether oxygens (including phenoxy) is 1. The molecule has 5 heteroatoms. The number of likely N-dealkylation sites (N-methyl/N-ethyl adjacent to an activating group) is 1. The van der Waals surface area contributed by atoms with Gasteiger partial charge < -0.3 is 9.64 Å². The van der Waals surface area contributed by atoms with E-state index in [1.807, 2.05) is 6.07 Å². The quantitative estimate of drug-likeness (QED) is 0.603. The van der Waals surface area contributed by atoms with Gasteiger partial charge in [-0.1, -0.05) is 12.1 Å². The molecule has 1 amide bonds. The van der Waals surface area contributed by atoms with E-state index < -0.39 is 5.97 Å². The number of nitriles is 1. The van der Waals surface area contributed by atoms with Gasteiger partial charge >= 0.3 is 5.97 Å². The van der Waals surface area contributed by atoms with E-state index >= 15 is 0 Å². The van der Waals surface area contributed by atoms with Crippen molar-refractivity contribution in [3.8, 4) is 6.07 Å². The van der Waals surface area contributed by atoms with Crippen molar-refractivity contribution in [3.05, 3.63) is 41.5 Å². The van der Waals surface area contributed by atoms with E-state index in [2.05, 4.69) is 0 Å². The smallest absolute Gasteiger partial charge is 0.325 e. The number of benzene rings is 1. The van der Waals surface area contributed by atoms with Gasteiger partial charge in [-0.3, -0.25) is 9.59 Å². The largest absolute Gasteiger partial charge is 0.465 e. The van der Waals surface area contributed by atoms with Crippen LogP contribution in [0.25, 0.3) is 6.08 Å². The highest BCUT2D eigenvalue weighted by atomic mass is 16.5. The lowest BCUT2D eigenvalue weighted by atomic mass is 10.1. The topological polar surface area (TPSA) is 70.4 Å². The number of esters is 1. The molecule has 0 spiro atoms. The molecule has 0 fully saturated rings. The van der Waals surface area contributed by atoms with Gasteiger partial charge in [0.05, 0.1) is 18.2 Å². The summed E-state index contributed by atoms with van der Waals surface area (Å²) in [6.07, 6.45) is 3.01. The summed E-state index contributed by atoms with van der Waals surface area (Å²) in [7, 11) is 1.53. The molecule has 0 bridgehead atoms. The van der Waals surface area contributed by atoms with E-state index in [-0.39, 0.29) is 12.5 Å². The second-order valence-corrected chi connectivity index (χ2v) is 4.07. The molecule has 0 aliphatic carbocycles. The molecule has 20 heavy (non-hydrogen) atoms. The average molecular weight is 272 g/mol. The standard InChI is InChI=1S/C15H16N2O3/c1-3-20-15(19)11-17(2)14(18)9-8-12-4-6-13(10-16)7-5-12/h4-9H,3,11H2,1-2H3/b9-8+. The molecule has 104 valence electrons. The summed E-state index contributed by atoms with van der Waals surface area (Å²) in [5.74, 6) is -0.725. The summed E-state index contributed by atoms with van der Waals surface area (Å²) in [5.41, 5.74) is 1.37. The zero-order valence-corrected chi connectivity index (χ0v) is 11.5. The molecule has 0 heterocycles. The lowest BCUT2D eigenvalue weighted by Crippen LogP contribution is -2.31. The van der Waals surface area contributed by atoms with Crippen LogP contribution in [0.3, 0.4) is 0 Å². The first-order chi connectivity index (χ1) is 9.56. The van der Waals surface area contributed by atoms with Crippen LogP contribution < -0.4 is 0 Å². The molecule has 1 rings (SSSR count). The Morgan fingerprint density at radius 3 is 2.55 bits per heavy atom. The molecule has 0 aliphatic rings. The maximum atomic E-state index is 11.8. The van der Waals surface area contributed by atoms with Crippen LogP contribution in [0.5, 0.6) is 0 Å². The Balaban J connectivity index is 2.58. The Kier molecular flexibility index (Phi) is 5.98. The fraction of sp³-hybridized carbons (Fsp3) is 0.267. The first-order valence-corrected chi connectivity index (χ1v) is 6.15. The molecule has 0 unspecified atom stereocenters. The van der Waals surface area contributed by atoms with Gasteiger partial charge in [0.1, 0.15) is 6.54 Å². The van der Waals surface area contributed by atoms with Crippen LogP contribution >= 0.6 is 0 Å². The van der Waals surface area contributed by atoms with Crippen LogP contribution in [0, 0.1) is 11.3 Å². The minimum absolute atomic E-state index is 0.0790. The van der Waals surface area contributed by atoms with Gasteiger partial charge in [-0.15, -0.1) is 0 Å². The van der Waals surface area contributed by atoms with Gasteiger partial charge in [-0.05, 0) is 30.7 Å². The van der Waals surface area contributed by atoms with Crippen molar-refractivity contribution in [1.29, 1.82) is 5.26 Å². The molecule has 0 aliphatic heterocycles. The fourth-order valence-corrected chi connectivity index (χ4v) is 1.44. The highest BCUT2D eigenvalue weighted by Crippen LogP contribution is 2.05. The monoisotopic (exact) mass is 272 g/mol. The average Bonchev–Trinajstić information content (AvgIpc) is 2.45. The molecule has 1 aromatic rings. The minimum atomic E-state index is -0.435. The van der Waals surface area contributed by atoms with E-state index in [0.29, 0.717) is 12.2 Å². The van der Waals surface area contributed by atoms with E-state index in [4.69, 9.17) is 10.00 Å². The van der Waals surface area contributed by atoms with E-state index in [0.717, 1.165) is 5.56 Å². The molecule has 0 N–H and O–H groups in total. The molecule has 1 aromatic carbocycles. The second kappa shape index (κ2) is 7.74. The summed E-state index contributed by atoms with van der Waals surface area (Å²) < 4.78 is 4.76. The van der Waals surface area contributed by atoms with Gasteiger partial charge in [0.15, 0.2) is 0 Å². The number of rotatable bonds is 5. The van der Waals surface area contributed by atoms with Crippen LogP contribution in [-0.2, 0) is 14.3 Å². The third-order valence-corrected chi connectivity index (χ3v) is 2.51. The Morgan fingerprint density at radius 1 is 1.35 bits per heavy atom. The van der Waals surface area contributed by atoms with Gasteiger partial charge in [-0.2, -0.15) is 5.26 Å². The van der Waals surface area contributed by atoms with Crippen LogP contribution in [0.4, 0.5) is 0 Å². The SMILES string of the molecule is CCOC(=O)CN(C)C(=O)/C=C/c1ccc(C#N)cc1. The molecule has 0 saturated carbocycles. The Morgan fingerprint density at radius 2 is 2.00 bits per heavy atom. The lowest BCUT2D eigenvalue weighted by Gasteiger charge is -2.13. The summed E-state index contributed by atoms with van der Waals surface area (Å²) in [4.78, 5) is 24.3. The number of nitrogens with zero attached hydrogens (tertiary/aromatic N) is 2. The van der Waals surface area contributed by atoms with Crippen molar-refractivity contribution < 1.29 is 14.3 Å². The third-order valence-electron chi connectivity index (χ3n) is 2.51. The van der Waals surface area contributed by atoms with Crippen molar-refractivity contribution in [1.82, 2.24) is 4.90 Å². The second-order valence-electron chi connectivity index (χ2n) is 4.07. The molecule has 0 saturated heterocycles. The van der Waals surface area contributed by atoms with Crippen molar-refractivity contribution in [3.63, 3.8) is 0 Å². The molecule has 5 nitrogen and oxygen atoms in total. The molecular weight excluding hydrogens is 256 g/mol. The Bertz CT molecular complexity index is 541. The molecule has 0 aromatic heterocycles. The van der Waals surface area contributed by atoms with Gasteiger partial charge in [0.25, 0.3) is 0 Å². The van der Waals surface area contributed by atoms with Crippen LogP contribution in [0.15, 0.2) is 30.3 Å². The van der Waals surface area contributed by atoms with Gasteiger partial charge in [-0.25, -0.2) is 0 Å².